The molecule has 0 aliphatic heterocycles. The lowest BCUT2D eigenvalue weighted by atomic mass is 10.1. The molecule has 7 heteroatoms. The van der Waals surface area contributed by atoms with E-state index < -0.39 is 0 Å². The molecule has 0 atom stereocenters. The zero-order valence-corrected chi connectivity index (χ0v) is 20.2. The van der Waals surface area contributed by atoms with E-state index in [0.717, 1.165) is 41.0 Å². The van der Waals surface area contributed by atoms with Crippen LogP contribution in [0.25, 0.3) is 0 Å². The van der Waals surface area contributed by atoms with Crippen molar-refractivity contribution in [2.24, 2.45) is 5.92 Å². The summed E-state index contributed by atoms with van der Waals surface area (Å²) in [5.74, 6) is 2.66. The minimum Gasteiger partial charge on any atom is -0.486 e. The van der Waals surface area contributed by atoms with E-state index >= 15 is 0 Å². The number of carbonyl (C=O) groups excluding carboxylic acids is 1. The molecule has 0 bridgehead atoms. The number of benzene rings is 1. The normalized spacial score (nSPS) is 13.7. The van der Waals surface area contributed by atoms with Gasteiger partial charge in [-0.05, 0) is 57.2 Å². The Hall–Kier alpha value is -2.54. The molecule has 6 nitrogen and oxygen atoms in total. The molecule has 0 unspecified atom stereocenters. The van der Waals surface area contributed by atoms with Crippen molar-refractivity contribution in [2.75, 3.05) is 5.75 Å². The van der Waals surface area contributed by atoms with Gasteiger partial charge in [0.2, 0.25) is 0 Å². The molecule has 1 saturated carbocycles. The Morgan fingerprint density at radius 2 is 1.94 bits per heavy atom. The number of nitrogens with zero attached hydrogens (tertiary/aromatic N) is 4. The summed E-state index contributed by atoms with van der Waals surface area (Å²) in [6, 6.07) is 12.3. The lowest BCUT2D eigenvalue weighted by Crippen LogP contribution is -2.11. The Morgan fingerprint density at radius 1 is 1.19 bits per heavy atom. The van der Waals surface area contributed by atoms with Crippen molar-refractivity contribution in [1.29, 1.82) is 0 Å². The number of rotatable bonds is 11. The highest BCUT2D eigenvalue weighted by Gasteiger charge is 2.28. The van der Waals surface area contributed by atoms with Crippen molar-refractivity contribution >= 4 is 17.5 Å². The number of thioether (sulfide) groups is 1. The van der Waals surface area contributed by atoms with Crippen molar-refractivity contribution in [2.45, 2.75) is 71.3 Å². The molecule has 0 radical (unpaired) electrons. The van der Waals surface area contributed by atoms with Crippen LogP contribution < -0.4 is 4.74 Å². The predicted octanol–water partition coefficient (Wildman–Crippen LogP) is 5.63. The third-order valence-electron chi connectivity index (χ3n) is 5.86. The van der Waals surface area contributed by atoms with Crippen LogP contribution in [0.4, 0.5) is 0 Å². The standard InChI is InChI=1S/C25H32N4O2S/c1-17(2)12-13-28-24(15-31-21-8-6-5-7-9-21)26-27-25(28)32-16-23(30)22-14-18(3)29(19(22)4)20-10-11-20/h5-9,14,17,20H,10-13,15-16H2,1-4H3. The minimum atomic E-state index is 0.149. The Kier molecular flexibility index (Phi) is 7.04. The average molecular weight is 453 g/mol. The highest BCUT2D eigenvalue weighted by Crippen LogP contribution is 2.38. The Labute approximate surface area is 194 Å². The fourth-order valence-corrected chi connectivity index (χ4v) is 4.84. The monoisotopic (exact) mass is 452 g/mol. The molecular formula is C25H32N4O2S. The molecule has 2 heterocycles. The van der Waals surface area contributed by atoms with E-state index in [2.05, 4.69) is 47.0 Å². The SMILES string of the molecule is Cc1cc(C(=O)CSc2nnc(COc3ccccc3)n2CCC(C)C)c(C)n1C1CC1. The third kappa shape index (κ3) is 5.26. The number of ether oxygens (including phenoxy) is 1. The summed E-state index contributed by atoms with van der Waals surface area (Å²) in [5, 5.41) is 9.55. The summed E-state index contributed by atoms with van der Waals surface area (Å²) < 4.78 is 10.3. The molecule has 0 N–H and O–H groups in total. The summed E-state index contributed by atoms with van der Waals surface area (Å²) in [6.45, 7) is 9.73. The fourth-order valence-electron chi connectivity index (χ4n) is 3.97. The molecule has 0 spiro atoms. The molecule has 2 aromatic heterocycles. The van der Waals surface area contributed by atoms with Gasteiger partial charge < -0.3 is 13.9 Å². The van der Waals surface area contributed by atoms with Crippen LogP contribution in [-0.2, 0) is 13.2 Å². The van der Waals surface area contributed by atoms with E-state index in [0.29, 0.717) is 24.3 Å². The lowest BCUT2D eigenvalue weighted by molar-refractivity contribution is 0.102. The van der Waals surface area contributed by atoms with Crippen molar-refractivity contribution in [3.05, 3.63) is 59.2 Å². The molecule has 32 heavy (non-hydrogen) atoms. The van der Waals surface area contributed by atoms with Gasteiger partial charge in [-0.25, -0.2) is 0 Å². The second-order valence-corrected chi connectivity index (χ2v) is 9.88. The molecule has 4 rings (SSSR count). The Morgan fingerprint density at radius 3 is 2.62 bits per heavy atom. The smallest absolute Gasteiger partial charge is 0.191 e. The van der Waals surface area contributed by atoms with Crippen LogP contribution in [0.5, 0.6) is 5.75 Å². The maximum atomic E-state index is 13.0. The van der Waals surface area contributed by atoms with Crippen molar-refractivity contribution in [1.82, 2.24) is 19.3 Å². The van der Waals surface area contributed by atoms with Crippen molar-refractivity contribution in [3.63, 3.8) is 0 Å². The maximum absolute atomic E-state index is 13.0. The molecule has 1 aliphatic carbocycles. The minimum absolute atomic E-state index is 0.149. The van der Waals surface area contributed by atoms with E-state index in [1.165, 1.54) is 30.3 Å². The molecule has 1 fully saturated rings. The van der Waals surface area contributed by atoms with Crippen LogP contribution in [0.1, 0.15) is 66.7 Å². The summed E-state index contributed by atoms with van der Waals surface area (Å²) in [5.41, 5.74) is 3.11. The summed E-state index contributed by atoms with van der Waals surface area (Å²) in [4.78, 5) is 13.0. The van der Waals surface area contributed by atoms with E-state index in [-0.39, 0.29) is 5.78 Å². The fraction of sp³-hybridized carbons (Fsp3) is 0.480. The quantitative estimate of drug-likeness (QED) is 0.279. The summed E-state index contributed by atoms with van der Waals surface area (Å²) in [6.07, 6.45) is 3.44. The molecule has 1 aromatic carbocycles. The first-order valence-corrected chi connectivity index (χ1v) is 12.4. The van der Waals surface area contributed by atoms with Crippen LogP contribution in [0.15, 0.2) is 41.6 Å². The van der Waals surface area contributed by atoms with Gasteiger partial charge in [0.05, 0.1) is 5.75 Å². The Balaban J connectivity index is 1.45. The van der Waals surface area contributed by atoms with Crippen molar-refractivity contribution < 1.29 is 9.53 Å². The van der Waals surface area contributed by atoms with Gasteiger partial charge in [-0.1, -0.05) is 43.8 Å². The zero-order chi connectivity index (χ0) is 22.7. The van der Waals surface area contributed by atoms with Crippen LogP contribution in [0.2, 0.25) is 0 Å². The second kappa shape index (κ2) is 9.94. The number of aryl methyl sites for hydroxylation is 1. The number of carbonyl (C=O) groups is 1. The summed E-state index contributed by atoms with van der Waals surface area (Å²) in [7, 11) is 0. The van der Waals surface area contributed by atoms with Crippen LogP contribution in [0.3, 0.4) is 0 Å². The molecule has 0 saturated heterocycles. The van der Waals surface area contributed by atoms with Gasteiger partial charge in [0.15, 0.2) is 16.8 Å². The Bertz CT molecular complexity index is 1070. The first kappa shape index (κ1) is 22.6. The number of hydrogen-bond donors (Lipinski definition) is 0. The first-order valence-electron chi connectivity index (χ1n) is 11.4. The van der Waals surface area contributed by atoms with Gasteiger partial charge >= 0.3 is 0 Å². The van der Waals surface area contributed by atoms with E-state index in [4.69, 9.17) is 4.74 Å². The molecule has 1 aliphatic rings. The predicted molar refractivity (Wildman–Crippen MR) is 127 cm³/mol. The number of hydrogen-bond acceptors (Lipinski definition) is 5. The van der Waals surface area contributed by atoms with Gasteiger partial charge in [-0.2, -0.15) is 0 Å². The second-order valence-electron chi connectivity index (χ2n) is 8.93. The van der Waals surface area contributed by atoms with Crippen LogP contribution in [-0.4, -0.2) is 30.9 Å². The largest absolute Gasteiger partial charge is 0.486 e. The zero-order valence-electron chi connectivity index (χ0n) is 19.4. The van der Waals surface area contributed by atoms with Gasteiger partial charge in [0, 0.05) is 29.5 Å². The summed E-state index contributed by atoms with van der Waals surface area (Å²) >= 11 is 1.47. The third-order valence-corrected chi connectivity index (χ3v) is 6.83. The van der Waals surface area contributed by atoms with Crippen LogP contribution in [0, 0.1) is 19.8 Å². The van der Waals surface area contributed by atoms with Crippen LogP contribution >= 0.6 is 11.8 Å². The number of aromatic nitrogens is 4. The molecule has 0 amide bonds. The number of para-hydroxylation sites is 1. The maximum Gasteiger partial charge on any atom is 0.191 e. The molecule has 3 aromatic rings. The highest BCUT2D eigenvalue weighted by molar-refractivity contribution is 7.99. The van der Waals surface area contributed by atoms with E-state index in [1.54, 1.807) is 0 Å². The van der Waals surface area contributed by atoms with Gasteiger partial charge in [0.25, 0.3) is 0 Å². The first-order chi connectivity index (χ1) is 15.4. The molecule has 170 valence electrons. The number of Topliss-reactive ketones (excluding diaryl/α,β-unsaturated/α-hetero) is 1. The van der Waals surface area contributed by atoms with Gasteiger partial charge in [-0.3, -0.25) is 4.79 Å². The van der Waals surface area contributed by atoms with Gasteiger partial charge in [0.1, 0.15) is 12.4 Å². The molecular weight excluding hydrogens is 420 g/mol. The van der Waals surface area contributed by atoms with E-state index in [1.807, 2.05) is 36.4 Å². The average Bonchev–Trinajstić information content (AvgIpc) is 3.46. The topological polar surface area (TPSA) is 61.9 Å². The van der Waals surface area contributed by atoms with Crippen molar-refractivity contribution in [3.8, 4) is 5.75 Å². The van der Waals surface area contributed by atoms with Gasteiger partial charge in [-0.15, -0.1) is 10.2 Å². The lowest BCUT2D eigenvalue weighted by Gasteiger charge is -2.12. The highest BCUT2D eigenvalue weighted by atomic mass is 32.2. The number of ketones is 1. The van der Waals surface area contributed by atoms with E-state index in [9.17, 15) is 4.79 Å².